The molecule has 102 valence electrons. The number of phenols is 1. The van der Waals surface area contributed by atoms with Crippen molar-refractivity contribution in [2.45, 2.75) is 38.1 Å². The van der Waals surface area contributed by atoms with E-state index in [0.717, 1.165) is 5.56 Å². The second-order valence-electron chi connectivity index (χ2n) is 4.77. The Morgan fingerprint density at radius 3 is 2.84 bits per heavy atom. The van der Waals surface area contributed by atoms with Gasteiger partial charge in [0, 0.05) is 6.04 Å². The average Bonchev–Trinajstić information content (AvgIpc) is 2.40. The maximum atomic E-state index is 9.32. The molecule has 1 fully saturated rings. The van der Waals surface area contributed by atoms with Crippen LogP contribution in [0.1, 0.15) is 37.7 Å². The summed E-state index contributed by atoms with van der Waals surface area (Å²) in [5.41, 5.74) is 3.63. The Balaban J connectivity index is 1.76. The second-order valence-corrected chi connectivity index (χ2v) is 5.18. The summed E-state index contributed by atoms with van der Waals surface area (Å²) in [5, 5.41) is 17.2. The summed E-state index contributed by atoms with van der Waals surface area (Å²) in [6.07, 6.45) is 7.86. The molecule has 0 unspecified atom stereocenters. The van der Waals surface area contributed by atoms with Crippen LogP contribution in [0.2, 0.25) is 0 Å². The minimum absolute atomic E-state index is 0.229. The third-order valence-corrected chi connectivity index (χ3v) is 3.40. The fourth-order valence-electron chi connectivity index (χ4n) is 2.24. The molecule has 19 heavy (non-hydrogen) atoms. The molecule has 2 rings (SSSR count). The number of nitrogens with one attached hydrogen (secondary N) is 2. The predicted octanol–water partition coefficient (Wildman–Crippen LogP) is 2.52. The zero-order chi connectivity index (χ0) is 13.5. The number of aromatic hydroxyl groups is 1. The number of rotatable bonds is 3. The van der Waals surface area contributed by atoms with Gasteiger partial charge in [0.1, 0.15) is 5.75 Å². The van der Waals surface area contributed by atoms with E-state index in [4.69, 9.17) is 12.2 Å². The number of hydrogen-bond donors (Lipinski definition) is 3. The molecular weight excluding hydrogens is 258 g/mol. The van der Waals surface area contributed by atoms with Crippen LogP contribution in [0.3, 0.4) is 0 Å². The van der Waals surface area contributed by atoms with Gasteiger partial charge in [0.25, 0.3) is 0 Å². The van der Waals surface area contributed by atoms with Crippen molar-refractivity contribution in [1.29, 1.82) is 0 Å². The average molecular weight is 277 g/mol. The highest BCUT2D eigenvalue weighted by Gasteiger charge is 2.13. The topological polar surface area (TPSA) is 56.7 Å². The van der Waals surface area contributed by atoms with Crippen molar-refractivity contribution in [3.05, 3.63) is 29.8 Å². The Morgan fingerprint density at radius 2 is 2.11 bits per heavy atom. The molecular formula is C14H19N3OS. The number of phenolic OH excluding ortho intramolecular Hbond substituents is 1. The van der Waals surface area contributed by atoms with Crippen LogP contribution >= 0.6 is 12.2 Å². The van der Waals surface area contributed by atoms with Gasteiger partial charge in [-0.25, -0.2) is 0 Å². The molecule has 0 heterocycles. The third-order valence-electron chi connectivity index (χ3n) is 3.19. The van der Waals surface area contributed by atoms with Crippen molar-refractivity contribution < 1.29 is 5.11 Å². The molecule has 0 atom stereocenters. The van der Waals surface area contributed by atoms with Crippen molar-refractivity contribution in [1.82, 2.24) is 10.7 Å². The Labute approximate surface area is 118 Å². The SMILES string of the molecule is Oc1cccc(/C=N\NC(=S)NC2CCCCC2)c1. The van der Waals surface area contributed by atoms with Crippen molar-refractivity contribution >= 4 is 23.5 Å². The van der Waals surface area contributed by atoms with Crippen LogP contribution in [-0.4, -0.2) is 22.5 Å². The molecule has 0 radical (unpaired) electrons. The van der Waals surface area contributed by atoms with Gasteiger partial charge < -0.3 is 10.4 Å². The molecule has 3 N–H and O–H groups in total. The highest BCUT2D eigenvalue weighted by atomic mass is 32.1. The highest BCUT2D eigenvalue weighted by molar-refractivity contribution is 7.80. The fraction of sp³-hybridized carbons (Fsp3) is 0.429. The molecule has 0 spiro atoms. The number of benzene rings is 1. The lowest BCUT2D eigenvalue weighted by Gasteiger charge is -2.23. The van der Waals surface area contributed by atoms with E-state index in [0.29, 0.717) is 11.2 Å². The quantitative estimate of drug-likeness (QED) is 0.451. The maximum absolute atomic E-state index is 9.32. The first-order valence-electron chi connectivity index (χ1n) is 6.62. The van der Waals surface area contributed by atoms with E-state index < -0.39 is 0 Å². The summed E-state index contributed by atoms with van der Waals surface area (Å²) in [5.74, 6) is 0.229. The van der Waals surface area contributed by atoms with Gasteiger partial charge >= 0.3 is 0 Å². The van der Waals surface area contributed by atoms with Gasteiger partial charge in [-0.1, -0.05) is 31.4 Å². The van der Waals surface area contributed by atoms with Crippen LogP contribution < -0.4 is 10.7 Å². The first-order valence-corrected chi connectivity index (χ1v) is 7.03. The molecule has 1 saturated carbocycles. The van der Waals surface area contributed by atoms with E-state index in [2.05, 4.69) is 15.8 Å². The van der Waals surface area contributed by atoms with Gasteiger partial charge in [0.15, 0.2) is 5.11 Å². The lowest BCUT2D eigenvalue weighted by Crippen LogP contribution is -2.40. The van der Waals surface area contributed by atoms with Crippen LogP contribution in [0, 0.1) is 0 Å². The molecule has 0 amide bonds. The first-order chi connectivity index (χ1) is 9.24. The summed E-state index contributed by atoms with van der Waals surface area (Å²) in [7, 11) is 0. The summed E-state index contributed by atoms with van der Waals surface area (Å²) < 4.78 is 0. The van der Waals surface area contributed by atoms with Gasteiger partial charge in [-0.2, -0.15) is 5.10 Å². The van der Waals surface area contributed by atoms with E-state index in [9.17, 15) is 5.11 Å². The minimum Gasteiger partial charge on any atom is -0.508 e. The molecule has 4 nitrogen and oxygen atoms in total. The molecule has 0 aromatic heterocycles. The third kappa shape index (κ3) is 4.87. The normalized spacial score (nSPS) is 16.4. The standard InChI is InChI=1S/C14H19N3OS/c18-13-8-4-5-11(9-13)10-15-17-14(19)16-12-6-2-1-3-7-12/h4-5,8-10,12,18H,1-3,6-7H2,(H2,16,17,19)/b15-10-. The van der Waals surface area contributed by atoms with Gasteiger partial charge in [0.05, 0.1) is 6.21 Å². The van der Waals surface area contributed by atoms with Crippen LogP contribution in [0.25, 0.3) is 0 Å². The molecule has 1 aliphatic carbocycles. The Bertz CT molecular complexity index is 456. The van der Waals surface area contributed by atoms with E-state index >= 15 is 0 Å². The van der Waals surface area contributed by atoms with E-state index in [1.165, 1.54) is 32.1 Å². The Hall–Kier alpha value is -1.62. The first kappa shape index (κ1) is 13.8. The van der Waals surface area contributed by atoms with Crippen molar-refractivity contribution in [2.24, 2.45) is 5.10 Å². The van der Waals surface area contributed by atoms with Gasteiger partial charge in [0.2, 0.25) is 0 Å². The monoisotopic (exact) mass is 277 g/mol. The van der Waals surface area contributed by atoms with Crippen molar-refractivity contribution in [2.75, 3.05) is 0 Å². The van der Waals surface area contributed by atoms with Gasteiger partial charge in [-0.15, -0.1) is 0 Å². The summed E-state index contributed by atoms with van der Waals surface area (Å²) in [6, 6.07) is 7.38. The maximum Gasteiger partial charge on any atom is 0.187 e. The lowest BCUT2D eigenvalue weighted by atomic mass is 9.96. The van der Waals surface area contributed by atoms with E-state index in [1.807, 2.05) is 6.07 Å². The molecule has 1 aromatic carbocycles. The van der Waals surface area contributed by atoms with Crippen LogP contribution in [0.5, 0.6) is 5.75 Å². The molecule has 1 aliphatic rings. The molecule has 0 bridgehead atoms. The summed E-state index contributed by atoms with van der Waals surface area (Å²) in [4.78, 5) is 0. The smallest absolute Gasteiger partial charge is 0.187 e. The molecule has 0 aliphatic heterocycles. The summed E-state index contributed by atoms with van der Waals surface area (Å²) >= 11 is 5.19. The van der Waals surface area contributed by atoms with E-state index in [1.54, 1.807) is 24.4 Å². The number of thiocarbonyl (C=S) groups is 1. The largest absolute Gasteiger partial charge is 0.508 e. The number of hydrazone groups is 1. The fourth-order valence-corrected chi connectivity index (χ4v) is 2.45. The number of hydrogen-bond acceptors (Lipinski definition) is 3. The lowest BCUT2D eigenvalue weighted by molar-refractivity contribution is 0.412. The van der Waals surface area contributed by atoms with Gasteiger partial charge in [-0.3, -0.25) is 5.43 Å². The van der Waals surface area contributed by atoms with Crippen LogP contribution in [0.15, 0.2) is 29.4 Å². The van der Waals surface area contributed by atoms with Crippen LogP contribution in [-0.2, 0) is 0 Å². The van der Waals surface area contributed by atoms with Gasteiger partial charge in [-0.05, 0) is 42.8 Å². The highest BCUT2D eigenvalue weighted by Crippen LogP contribution is 2.17. The molecule has 5 heteroatoms. The zero-order valence-corrected chi connectivity index (χ0v) is 11.6. The number of nitrogens with zero attached hydrogens (tertiary/aromatic N) is 1. The predicted molar refractivity (Wildman–Crippen MR) is 81.4 cm³/mol. The zero-order valence-electron chi connectivity index (χ0n) is 10.8. The van der Waals surface area contributed by atoms with Crippen molar-refractivity contribution in [3.63, 3.8) is 0 Å². The molecule has 0 saturated heterocycles. The second kappa shape index (κ2) is 7.09. The summed E-state index contributed by atoms with van der Waals surface area (Å²) in [6.45, 7) is 0. The minimum atomic E-state index is 0.229. The Kier molecular flexibility index (Phi) is 5.15. The van der Waals surface area contributed by atoms with Crippen molar-refractivity contribution in [3.8, 4) is 5.75 Å². The van der Waals surface area contributed by atoms with Crippen LogP contribution in [0.4, 0.5) is 0 Å². The Morgan fingerprint density at radius 1 is 1.32 bits per heavy atom. The molecule has 1 aromatic rings. The van der Waals surface area contributed by atoms with E-state index in [-0.39, 0.29) is 5.75 Å².